The molecule has 0 heterocycles. The Bertz CT molecular complexity index is 1080. The first-order chi connectivity index (χ1) is 13.7. The molecule has 0 spiro atoms. The molecular formula is C24H20N2O2. The van der Waals surface area contributed by atoms with Gasteiger partial charge in [-0.15, -0.1) is 0 Å². The Morgan fingerprint density at radius 3 is 1.96 bits per heavy atom. The number of rotatable bonds is 5. The third-order valence-electron chi connectivity index (χ3n) is 4.24. The first kappa shape index (κ1) is 17.5. The Morgan fingerprint density at radius 2 is 1.21 bits per heavy atom. The molecule has 0 aliphatic rings. The molecule has 0 radical (unpaired) electrons. The molecule has 4 rings (SSSR count). The van der Waals surface area contributed by atoms with Crippen LogP contribution in [-0.2, 0) is 0 Å². The molecule has 4 aromatic rings. The smallest absolute Gasteiger partial charge is 0.135 e. The Morgan fingerprint density at radius 1 is 0.500 bits per heavy atom. The molecular weight excluding hydrogens is 348 g/mol. The normalized spacial score (nSPS) is 10.4. The standard InChI is InChI=1S/C24H20N2O2/c25-18-9-11-20(12-10-18)27-22-13-14-24(28-21-8-4-7-19(26)15-21)23(16-22)17-5-2-1-3-6-17/h1-16H,25-26H2. The summed E-state index contributed by atoms with van der Waals surface area (Å²) in [7, 11) is 0. The van der Waals surface area contributed by atoms with E-state index in [1.807, 2.05) is 91.0 Å². The highest BCUT2D eigenvalue weighted by Gasteiger charge is 2.10. The highest BCUT2D eigenvalue weighted by Crippen LogP contribution is 2.37. The van der Waals surface area contributed by atoms with Crippen molar-refractivity contribution in [3.05, 3.63) is 97.1 Å². The van der Waals surface area contributed by atoms with Crippen LogP contribution in [0.2, 0.25) is 0 Å². The summed E-state index contributed by atoms with van der Waals surface area (Å²) < 4.78 is 12.1. The minimum absolute atomic E-state index is 0.655. The van der Waals surface area contributed by atoms with Crippen molar-refractivity contribution in [1.82, 2.24) is 0 Å². The van der Waals surface area contributed by atoms with Crippen LogP contribution in [0.1, 0.15) is 0 Å². The van der Waals surface area contributed by atoms with Gasteiger partial charge >= 0.3 is 0 Å². The van der Waals surface area contributed by atoms with Gasteiger partial charge in [-0.3, -0.25) is 0 Å². The largest absolute Gasteiger partial charge is 0.457 e. The molecule has 0 aromatic heterocycles. The summed E-state index contributed by atoms with van der Waals surface area (Å²) in [5.74, 6) is 2.84. The summed E-state index contributed by atoms with van der Waals surface area (Å²) in [4.78, 5) is 0. The van der Waals surface area contributed by atoms with Crippen LogP contribution in [-0.4, -0.2) is 0 Å². The predicted octanol–water partition coefficient (Wildman–Crippen LogP) is 6.10. The average Bonchev–Trinajstić information content (AvgIpc) is 2.71. The van der Waals surface area contributed by atoms with Crippen molar-refractivity contribution in [2.75, 3.05) is 11.5 Å². The van der Waals surface area contributed by atoms with Crippen LogP contribution < -0.4 is 20.9 Å². The molecule has 4 heteroatoms. The first-order valence-electron chi connectivity index (χ1n) is 8.94. The zero-order valence-electron chi connectivity index (χ0n) is 15.2. The molecule has 28 heavy (non-hydrogen) atoms. The lowest BCUT2D eigenvalue weighted by Crippen LogP contribution is -1.92. The minimum Gasteiger partial charge on any atom is -0.457 e. The number of anilines is 2. The number of nitrogens with two attached hydrogens (primary N) is 2. The Kier molecular flexibility index (Phi) is 4.85. The van der Waals surface area contributed by atoms with Crippen molar-refractivity contribution in [3.8, 4) is 34.1 Å². The van der Waals surface area contributed by atoms with Crippen LogP contribution in [0.15, 0.2) is 97.1 Å². The highest BCUT2D eigenvalue weighted by atomic mass is 16.5. The minimum atomic E-state index is 0.655. The number of ether oxygens (including phenoxy) is 2. The van der Waals surface area contributed by atoms with Crippen LogP contribution in [0.3, 0.4) is 0 Å². The van der Waals surface area contributed by atoms with Gasteiger partial charge in [0, 0.05) is 23.0 Å². The van der Waals surface area contributed by atoms with Gasteiger partial charge in [0.2, 0.25) is 0 Å². The molecule has 0 unspecified atom stereocenters. The van der Waals surface area contributed by atoms with Crippen molar-refractivity contribution in [1.29, 1.82) is 0 Å². The number of hydrogen-bond donors (Lipinski definition) is 2. The predicted molar refractivity (Wildman–Crippen MR) is 114 cm³/mol. The monoisotopic (exact) mass is 368 g/mol. The van der Waals surface area contributed by atoms with E-state index in [-0.39, 0.29) is 0 Å². The summed E-state index contributed by atoms with van der Waals surface area (Å²) in [6.07, 6.45) is 0. The van der Waals surface area contributed by atoms with E-state index in [1.165, 1.54) is 0 Å². The molecule has 0 amide bonds. The van der Waals surface area contributed by atoms with Crippen LogP contribution in [0, 0.1) is 0 Å². The summed E-state index contributed by atoms with van der Waals surface area (Å²) in [5, 5.41) is 0. The van der Waals surface area contributed by atoms with Gasteiger partial charge in [0.05, 0.1) is 0 Å². The summed E-state index contributed by atoms with van der Waals surface area (Å²) in [6, 6.07) is 30.5. The van der Waals surface area contributed by atoms with E-state index in [9.17, 15) is 0 Å². The van der Waals surface area contributed by atoms with Crippen molar-refractivity contribution in [2.24, 2.45) is 0 Å². The fraction of sp³-hybridized carbons (Fsp3) is 0. The van der Waals surface area contributed by atoms with Gasteiger partial charge in [-0.2, -0.15) is 0 Å². The number of nitrogen functional groups attached to an aromatic ring is 2. The number of hydrogen-bond acceptors (Lipinski definition) is 4. The van der Waals surface area contributed by atoms with E-state index in [1.54, 1.807) is 6.07 Å². The lowest BCUT2D eigenvalue weighted by atomic mass is 10.0. The molecule has 0 saturated heterocycles. The molecule has 0 aliphatic carbocycles. The van der Waals surface area contributed by atoms with Crippen molar-refractivity contribution < 1.29 is 9.47 Å². The third kappa shape index (κ3) is 4.07. The quantitative estimate of drug-likeness (QED) is 0.417. The summed E-state index contributed by atoms with van der Waals surface area (Å²) in [5.41, 5.74) is 14.9. The highest BCUT2D eigenvalue weighted by molar-refractivity contribution is 5.72. The van der Waals surface area contributed by atoms with Crippen molar-refractivity contribution in [3.63, 3.8) is 0 Å². The van der Waals surface area contributed by atoms with E-state index < -0.39 is 0 Å². The van der Waals surface area contributed by atoms with Gasteiger partial charge in [-0.25, -0.2) is 0 Å². The summed E-state index contributed by atoms with van der Waals surface area (Å²) >= 11 is 0. The molecule has 138 valence electrons. The summed E-state index contributed by atoms with van der Waals surface area (Å²) in [6.45, 7) is 0. The van der Waals surface area contributed by atoms with E-state index in [0.29, 0.717) is 22.9 Å². The lowest BCUT2D eigenvalue weighted by molar-refractivity contribution is 0.471. The van der Waals surface area contributed by atoms with Crippen LogP contribution in [0.4, 0.5) is 11.4 Å². The second-order valence-electron chi connectivity index (χ2n) is 6.37. The topological polar surface area (TPSA) is 70.5 Å². The molecule has 0 fully saturated rings. The Hall–Kier alpha value is -3.92. The van der Waals surface area contributed by atoms with Gasteiger partial charge in [-0.1, -0.05) is 36.4 Å². The second-order valence-corrected chi connectivity index (χ2v) is 6.37. The Labute approximate surface area is 164 Å². The van der Waals surface area contributed by atoms with E-state index in [0.717, 1.165) is 22.6 Å². The molecule has 0 bridgehead atoms. The van der Waals surface area contributed by atoms with Gasteiger partial charge in [0.1, 0.15) is 23.0 Å². The molecule has 4 nitrogen and oxygen atoms in total. The molecule has 0 atom stereocenters. The molecule has 4 aromatic carbocycles. The second kappa shape index (κ2) is 7.76. The zero-order chi connectivity index (χ0) is 19.3. The van der Waals surface area contributed by atoms with Gasteiger partial charge in [0.25, 0.3) is 0 Å². The lowest BCUT2D eigenvalue weighted by Gasteiger charge is -2.14. The maximum atomic E-state index is 6.11. The molecule has 4 N–H and O–H groups in total. The number of benzene rings is 4. The third-order valence-corrected chi connectivity index (χ3v) is 4.24. The van der Waals surface area contributed by atoms with Crippen molar-refractivity contribution in [2.45, 2.75) is 0 Å². The van der Waals surface area contributed by atoms with Crippen molar-refractivity contribution >= 4 is 11.4 Å². The van der Waals surface area contributed by atoms with Crippen LogP contribution >= 0.6 is 0 Å². The van der Waals surface area contributed by atoms with E-state index in [2.05, 4.69) is 0 Å². The van der Waals surface area contributed by atoms with E-state index in [4.69, 9.17) is 20.9 Å². The van der Waals surface area contributed by atoms with E-state index >= 15 is 0 Å². The Balaban J connectivity index is 1.70. The van der Waals surface area contributed by atoms with Gasteiger partial charge in [-0.05, 0) is 60.2 Å². The maximum absolute atomic E-state index is 6.11. The molecule has 0 aliphatic heterocycles. The van der Waals surface area contributed by atoms with Crippen LogP contribution in [0.5, 0.6) is 23.0 Å². The first-order valence-corrected chi connectivity index (χ1v) is 8.94. The molecule has 0 saturated carbocycles. The van der Waals surface area contributed by atoms with Gasteiger partial charge < -0.3 is 20.9 Å². The maximum Gasteiger partial charge on any atom is 0.135 e. The van der Waals surface area contributed by atoms with Crippen LogP contribution in [0.25, 0.3) is 11.1 Å². The fourth-order valence-electron chi connectivity index (χ4n) is 2.88. The fourth-order valence-corrected chi connectivity index (χ4v) is 2.88. The SMILES string of the molecule is Nc1ccc(Oc2ccc(Oc3cccc(N)c3)c(-c3ccccc3)c2)cc1. The average molecular weight is 368 g/mol. The van der Waals surface area contributed by atoms with Gasteiger partial charge in [0.15, 0.2) is 0 Å². The zero-order valence-corrected chi connectivity index (χ0v) is 15.2.